The molecule has 19 heavy (non-hydrogen) atoms. The second-order valence-electron chi connectivity index (χ2n) is 4.13. The summed E-state index contributed by atoms with van der Waals surface area (Å²) in [5.41, 5.74) is 0.393. The summed E-state index contributed by atoms with van der Waals surface area (Å²) in [5.74, 6) is 0. The zero-order valence-corrected chi connectivity index (χ0v) is 9.95. The van der Waals surface area contributed by atoms with Crippen LogP contribution in [0.2, 0.25) is 0 Å². The maximum atomic E-state index is 12.9. The van der Waals surface area contributed by atoms with Crippen molar-refractivity contribution >= 4 is 12.4 Å². The Morgan fingerprint density at radius 3 is 2.58 bits per heavy atom. The summed E-state index contributed by atoms with van der Waals surface area (Å²) in [7, 11) is 0. The summed E-state index contributed by atoms with van der Waals surface area (Å²) in [6.45, 7) is 0. The van der Waals surface area contributed by atoms with Gasteiger partial charge in [-0.3, -0.25) is 4.79 Å². The Morgan fingerprint density at radius 1 is 1.16 bits per heavy atom. The maximum Gasteiger partial charge on any atom is 0.416 e. The number of halogens is 3. The quantitative estimate of drug-likeness (QED) is 0.732. The van der Waals surface area contributed by atoms with E-state index in [-0.39, 0.29) is 5.56 Å². The summed E-state index contributed by atoms with van der Waals surface area (Å²) in [6.07, 6.45) is 3.25. The highest BCUT2D eigenvalue weighted by Crippen LogP contribution is 2.33. The number of rotatable bonds is 2. The van der Waals surface area contributed by atoms with E-state index in [4.69, 9.17) is 0 Å². The van der Waals surface area contributed by atoms with Gasteiger partial charge in [0, 0.05) is 5.57 Å². The van der Waals surface area contributed by atoms with Crippen LogP contribution in [0, 0.1) is 0 Å². The third kappa shape index (κ3) is 3.02. The summed E-state index contributed by atoms with van der Waals surface area (Å²) in [6, 6.07) is 5.33. The number of hydrogen-bond donors (Lipinski definition) is 0. The van der Waals surface area contributed by atoms with Crippen molar-refractivity contribution in [2.24, 2.45) is 0 Å². The lowest BCUT2D eigenvalue weighted by Gasteiger charge is -2.12. The van der Waals surface area contributed by atoms with Crippen molar-refractivity contribution in [1.29, 1.82) is 0 Å². The number of alkyl halides is 3. The van der Waals surface area contributed by atoms with Gasteiger partial charge in [0.05, 0.1) is 5.56 Å². The van der Waals surface area contributed by atoms with Crippen LogP contribution >= 0.6 is 0 Å². The SMILES string of the molecule is O=CC1=CC=CCC1=Cc1ccccc1C(F)(F)F. The molecule has 0 saturated heterocycles. The molecule has 2 rings (SSSR count). The molecule has 0 bridgehead atoms. The van der Waals surface area contributed by atoms with Crippen molar-refractivity contribution in [2.45, 2.75) is 12.6 Å². The van der Waals surface area contributed by atoms with Gasteiger partial charge in [-0.05, 0) is 23.6 Å². The third-order valence-corrected chi connectivity index (χ3v) is 2.84. The van der Waals surface area contributed by atoms with Gasteiger partial charge < -0.3 is 0 Å². The average Bonchev–Trinajstić information content (AvgIpc) is 2.39. The molecule has 0 spiro atoms. The molecule has 0 amide bonds. The maximum absolute atomic E-state index is 12.9. The smallest absolute Gasteiger partial charge is 0.298 e. The van der Waals surface area contributed by atoms with Gasteiger partial charge in [0.25, 0.3) is 0 Å². The molecule has 1 aromatic carbocycles. The molecule has 98 valence electrons. The Hall–Kier alpha value is -2.10. The van der Waals surface area contributed by atoms with E-state index in [0.717, 1.165) is 6.07 Å². The highest BCUT2D eigenvalue weighted by atomic mass is 19.4. The molecule has 1 nitrogen and oxygen atoms in total. The first-order valence-corrected chi connectivity index (χ1v) is 5.71. The van der Waals surface area contributed by atoms with Gasteiger partial charge in [-0.15, -0.1) is 0 Å². The van der Waals surface area contributed by atoms with Crippen LogP contribution in [0.3, 0.4) is 0 Å². The van der Waals surface area contributed by atoms with Crippen LogP contribution in [-0.4, -0.2) is 6.29 Å². The minimum absolute atomic E-state index is 0.0769. The second kappa shape index (κ2) is 5.26. The van der Waals surface area contributed by atoms with Gasteiger partial charge in [-0.25, -0.2) is 0 Å². The fourth-order valence-electron chi connectivity index (χ4n) is 1.92. The Bertz CT molecular complexity index is 577. The van der Waals surface area contributed by atoms with E-state index in [1.165, 1.54) is 18.2 Å². The number of hydrogen-bond acceptors (Lipinski definition) is 1. The average molecular weight is 264 g/mol. The molecule has 4 heteroatoms. The highest BCUT2D eigenvalue weighted by Gasteiger charge is 2.32. The predicted molar refractivity (Wildman–Crippen MR) is 67.3 cm³/mol. The zero-order chi connectivity index (χ0) is 13.9. The molecule has 1 aliphatic rings. The predicted octanol–water partition coefficient (Wildman–Crippen LogP) is 4.17. The van der Waals surface area contributed by atoms with Crippen LogP contribution in [-0.2, 0) is 11.0 Å². The first kappa shape index (κ1) is 13.3. The number of carbonyl (C=O) groups is 1. The number of benzene rings is 1. The first-order chi connectivity index (χ1) is 9.02. The molecular weight excluding hydrogens is 253 g/mol. The van der Waals surface area contributed by atoms with Crippen molar-refractivity contribution in [1.82, 2.24) is 0 Å². The Morgan fingerprint density at radius 2 is 1.89 bits per heavy atom. The van der Waals surface area contributed by atoms with Crippen LogP contribution in [0.25, 0.3) is 6.08 Å². The molecule has 0 saturated carbocycles. The lowest BCUT2D eigenvalue weighted by molar-refractivity contribution is -0.137. The third-order valence-electron chi connectivity index (χ3n) is 2.84. The summed E-state index contributed by atoms with van der Waals surface area (Å²) < 4.78 is 38.6. The van der Waals surface area contributed by atoms with Crippen molar-refractivity contribution in [2.75, 3.05) is 0 Å². The highest BCUT2D eigenvalue weighted by molar-refractivity contribution is 5.85. The Kier molecular flexibility index (Phi) is 3.69. The van der Waals surface area contributed by atoms with E-state index in [0.29, 0.717) is 23.9 Å². The molecule has 0 radical (unpaired) electrons. The van der Waals surface area contributed by atoms with E-state index in [2.05, 4.69) is 0 Å². The van der Waals surface area contributed by atoms with Crippen molar-refractivity contribution < 1.29 is 18.0 Å². The van der Waals surface area contributed by atoms with Crippen LogP contribution in [0.5, 0.6) is 0 Å². The normalized spacial score (nSPS) is 17.4. The van der Waals surface area contributed by atoms with Gasteiger partial charge in [0.1, 0.15) is 6.29 Å². The van der Waals surface area contributed by atoms with Crippen LogP contribution in [0.4, 0.5) is 13.2 Å². The largest absolute Gasteiger partial charge is 0.416 e. The first-order valence-electron chi connectivity index (χ1n) is 5.71. The molecule has 0 heterocycles. The van der Waals surface area contributed by atoms with Crippen LogP contribution in [0.15, 0.2) is 53.6 Å². The molecular formula is C15H11F3O. The lowest BCUT2D eigenvalue weighted by atomic mass is 9.95. The molecule has 0 N–H and O–H groups in total. The van der Waals surface area contributed by atoms with E-state index in [1.54, 1.807) is 24.3 Å². The Balaban J connectivity index is 2.47. The van der Waals surface area contributed by atoms with Gasteiger partial charge in [0.15, 0.2) is 0 Å². The molecule has 0 unspecified atom stereocenters. The van der Waals surface area contributed by atoms with Crippen molar-refractivity contribution in [3.05, 3.63) is 64.8 Å². The molecule has 0 atom stereocenters. The van der Waals surface area contributed by atoms with Gasteiger partial charge in [-0.2, -0.15) is 13.2 Å². The Labute approximate surface area is 108 Å². The lowest BCUT2D eigenvalue weighted by Crippen LogP contribution is -2.07. The number of aldehydes is 1. The summed E-state index contributed by atoms with van der Waals surface area (Å²) in [4.78, 5) is 10.9. The van der Waals surface area contributed by atoms with E-state index < -0.39 is 11.7 Å². The van der Waals surface area contributed by atoms with Crippen molar-refractivity contribution in [3.8, 4) is 0 Å². The van der Waals surface area contributed by atoms with Crippen LogP contribution in [0.1, 0.15) is 17.5 Å². The van der Waals surface area contributed by atoms with Gasteiger partial charge in [0.2, 0.25) is 0 Å². The standard InChI is InChI=1S/C15H11F3O/c16-15(17,18)14-8-4-3-6-12(14)9-11-5-1-2-7-13(11)10-19/h1-4,6-10H,5H2. The fourth-order valence-corrected chi connectivity index (χ4v) is 1.92. The zero-order valence-electron chi connectivity index (χ0n) is 9.95. The number of allylic oxidation sites excluding steroid dienone is 5. The minimum Gasteiger partial charge on any atom is -0.298 e. The van der Waals surface area contributed by atoms with Gasteiger partial charge in [-0.1, -0.05) is 42.5 Å². The summed E-state index contributed by atoms with van der Waals surface area (Å²) in [5, 5.41) is 0. The topological polar surface area (TPSA) is 17.1 Å². The second-order valence-corrected chi connectivity index (χ2v) is 4.13. The van der Waals surface area contributed by atoms with Gasteiger partial charge >= 0.3 is 6.18 Å². The molecule has 1 aliphatic carbocycles. The fraction of sp³-hybridized carbons (Fsp3) is 0.133. The van der Waals surface area contributed by atoms with Crippen LogP contribution < -0.4 is 0 Å². The molecule has 1 aromatic rings. The monoisotopic (exact) mass is 264 g/mol. The van der Waals surface area contributed by atoms with E-state index >= 15 is 0 Å². The van der Waals surface area contributed by atoms with E-state index in [9.17, 15) is 18.0 Å². The number of carbonyl (C=O) groups excluding carboxylic acids is 1. The van der Waals surface area contributed by atoms with Crippen molar-refractivity contribution in [3.63, 3.8) is 0 Å². The van der Waals surface area contributed by atoms with E-state index in [1.807, 2.05) is 0 Å². The molecule has 0 fully saturated rings. The summed E-state index contributed by atoms with van der Waals surface area (Å²) >= 11 is 0. The molecule has 0 aromatic heterocycles. The molecule has 0 aliphatic heterocycles. The minimum atomic E-state index is -4.40.